The van der Waals surface area contributed by atoms with Gasteiger partial charge in [0, 0.05) is 17.8 Å². The van der Waals surface area contributed by atoms with Gasteiger partial charge in [0.15, 0.2) is 0 Å². The van der Waals surface area contributed by atoms with Gasteiger partial charge >= 0.3 is 0 Å². The van der Waals surface area contributed by atoms with Crippen molar-refractivity contribution in [3.8, 4) is 5.75 Å². The van der Waals surface area contributed by atoms with Gasteiger partial charge in [-0.3, -0.25) is 0 Å². The van der Waals surface area contributed by atoms with Crippen LogP contribution in [0, 0.1) is 0 Å². The van der Waals surface area contributed by atoms with Crippen molar-refractivity contribution in [2.75, 3.05) is 12.8 Å². The van der Waals surface area contributed by atoms with Crippen LogP contribution < -0.4 is 15.2 Å². The van der Waals surface area contributed by atoms with E-state index in [0.717, 1.165) is 5.56 Å². The van der Waals surface area contributed by atoms with Crippen molar-refractivity contribution >= 4 is 15.7 Å². The molecule has 96 valence electrons. The molecule has 6 heteroatoms. The molecule has 0 atom stereocenters. The highest BCUT2D eigenvalue weighted by atomic mass is 32.2. The Morgan fingerprint density at radius 1 is 1.41 bits per heavy atom. The molecule has 1 aromatic carbocycles. The molecule has 3 N–H and O–H groups in total. The van der Waals surface area contributed by atoms with Gasteiger partial charge in [-0.05, 0) is 32.0 Å². The second-order valence-electron chi connectivity index (χ2n) is 3.99. The Hall–Kier alpha value is -1.27. The topological polar surface area (TPSA) is 81.4 Å². The molecule has 0 aromatic heterocycles. The molecule has 0 aliphatic carbocycles. The SMILES string of the molecule is COc1ccc(N)cc1CNS(=O)(=O)C(C)C. The minimum atomic E-state index is -3.28. The lowest BCUT2D eigenvalue weighted by atomic mass is 10.2. The minimum absolute atomic E-state index is 0.175. The second-order valence-corrected chi connectivity index (χ2v) is 6.31. The van der Waals surface area contributed by atoms with Crippen LogP contribution in [0.5, 0.6) is 5.75 Å². The lowest BCUT2D eigenvalue weighted by Crippen LogP contribution is -2.30. The van der Waals surface area contributed by atoms with Gasteiger partial charge in [-0.25, -0.2) is 13.1 Å². The zero-order valence-electron chi connectivity index (χ0n) is 10.2. The largest absolute Gasteiger partial charge is 0.496 e. The maximum atomic E-state index is 11.6. The van der Waals surface area contributed by atoms with Crippen LogP contribution in [0.25, 0.3) is 0 Å². The molecular formula is C11H18N2O3S. The van der Waals surface area contributed by atoms with Crippen molar-refractivity contribution < 1.29 is 13.2 Å². The molecular weight excluding hydrogens is 240 g/mol. The smallest absolute Gasteiger partial charge is 0.214 e. The van der Waals surface area contributed by atoms with Crippen molar-refractivity contribution in [1.29, 1.82) is 0 Å². The summed E-state index contributed by atoms with van der Waals surface area (Å²) in [6, 6.07) is 5.12. The van der Waals surface area contributed by atoms with E-state index < -0.39 is 15.3 Å². The lowest BCUT2D eigenvalue weighted by molar-refractivity contribution is 0.409. The van der Waals surface area contributed by atoms with Gasteiger partial charge < -0.3 is 10.5 Å². The molecule has 0 radical (unpaired) electrons. The van der Waals surface area contributed by atoms with Gasteiger partial charge in [0.1, 0.15) is 5.75 Å². The highest BCUT2D eigenvalue weighted by molar-refractivity contribution is 7.90. The molecule has 0 aliphatic heterocycles. The van der Waals surface area contributed by atoms with Gasteiger partial charge in [-0.15, -0.1) is 0 Å². The first-order valence-electron chi connectivity index (χ1n) is 5.27. The monoisotopic (exact) mass is 258 g/mol. The van der Waals surface area contributed by atoms with Crippen LogP contribution in [0.3, 0.4) is 0 Å². The summed E-state index contributed by atoms with van der Waals surface area (Å²) in [6.07, 6.45) is 0. The first-order chi connectivity index (χ1) is 7.86. The van der Waals surface area contributed by atoms with Gasteiger partial charge in [0.2, 0.25) is 10.0 Å². The average molecular weight is 258 g/mol. The fraction of sp³-hybridized carbons (Fsp3) is 0.455. The van der Waals surface area contributed by atoms with E-state index in [2.05, 4.69) is 4.72 Å². The molecule has 0 saturated heterocycles. The van der Waals surface area contributed by atoms with E-state index in [1.165, 1.54) is 7.11 Å². The van der Waals surface area contributed by atoms with E-state index in [9.17, 15) is 8.42 Å². The highest BCUT2D eigenvalue weighted by Crippen LogP contribution is 2.21. The summed E-state index contributed by atoms with van der Waals surface area (Å²) in [5.41, 5.74) is 6.94. The molecule has 0 fully saturated rings. The second kappa shape index (κ2) is 5.37. The molecule has 0 aliphatic rings. The Labute approximate surface area is 102 Å². The van der Waals surface area contributed by atoms with Crippen molar-refractivity contribution in [1.82, 2.24) is 4.72 Å². The van der Waals surface area contributed by atoms with E-state index >= 15 is 0 Å². The molecule has 0 amide bonds. The number of benzene rings is 1. The van der Waals surface area contributed by atoms with Crippen LogP contribution in [0.4, 0.5) is 5.69 Å². The number of anilines is 1. The van der Waals surface area contributed by atoms with E-state index in [1.54, 1.807) is 32.0 Å². The maximum absolute atomic E-state index is 11.6. The zero-order valence-corrected chi connectivity index (χ0v) is 11.0. The zero-order chi connectivity index (χ0) is 13.1. The molecule has 1 aromatic rings. The fourth-order valence-electron chi connectivity index (χ4n) is 1.28. The normalized spacial score (nSPS) is 11.8. The maximum Gasteiger partial charge on any atom is 0.214 e. The molecule has 0 spiro atoms. The number of hydrogen-bond donors (Lipinski definition) is 2. The lowest BCUT2D eigenvalue weighted by Gasteiger charge is -2.12. The van der Waals surface area contributed by atoms with Crippen molar-refractivity contribution in [2.24, 2.45) is 0 Å². The summed E-state index contributed by atoms with van der Waals surface area (Å²) in [7, 11) is -1.75. The van der Waals surface area contributed by atoms with Gasteiger partial charge in [0.05, 0.1) is 12.4 Å². The number of nitrogen functional groups attached to an aromatic ring is 1. The molecule has 0 heterocycles. The Morgan fingerprint density at radius 2 is 2.06 bits per heavy atom. The highest BCUT2D eigenvalue weighted by Gasteiger charge is 2.16. The van der Waals surface area contributed by atoms with E-state index in [1.807, 2.05) is 0 Å². The minimum Gasteiger partial charge on any atom is -0.496 e. The van der Waals surface area contributed by atoms with Crippen molar-refractivity contribution in [3.63, 3.8) is 0 Å². The number of hydrogen-bond acceptors (Lipinski definition) is 4. The number of sulfonamides is 1. The molecule has 0 unspecified atom stereocenters. The van der Waals surface area contributed by atoms with Crippen LogP contribution in [0.2, 0.25) is 0 Å². The summed E-state index contributed by atoms with van der Waals surface area (Å²) >= 11 is 0. The van der Waals surface area contributed by atoms with Gasteiger partial charge in [0.25, 0.3) is 0 Å². The van der Waals surface area contributed by atoms with Crippen LogP contribution in [0.15, 0.2) is 18.2 Å². The van der Waals surface area contributed by atoms with Crippen molar-refractivity contribution in [3.05, 3.63) is 23.8 Å². The van der Waals surface area contributed by atoms with Gasteiger partial charge in [-0.2, -0.15) is 0 Å². The summed E-state index contributed by atoms with van der Waals surface area (Å²) in [5, 5.41) is -0.463. The third-order valence-electron chi connectivity index (χ3n) is 2.39. The number of methoxy groups -OCH3 is 1. The summed E-state index contributed by atoms with van der Waals surface area (Å²) < 4.78 is 30.9. The predicted molar refractivity (Wildman–Crippen MR) is 68.3 cm³/mol. The number of rotatable bonds is 5. The Kier molecular flexibility index (Phi) is 4.36. The number of nitrogens with one attached hydrogen (secondary N) is 1. The third kappa shape index (κ3) is 3.61. The van der Waals surface area contributed by atoms with E-state index in [0.29, 0.717) is 11.4 Å². The first kappa shape index (κ1) is 13.8. The predicted octanol–water partition coefficient (Wildman–Crippen LogP) is 1.11. The van der Waals surface area contributed by atoms with E-state index in [-0.39, 0.29) is 6.54 Å². The molecule has 0 saturated carbocycles. The Balaban J connectivity index is 2.86. The van der Waals surface area contributed by atoms with Crippen LogP contribution >= 0.6 is 0 Å². The van der Waals surface area contributed by atoms with Crippen molar-refractivity contribution in [2.45, 2.75) is 25.6 Å². The average Bonchev–Trinajstić information content (AvgIpc) is 2.26. The van der Waals surface area contributed by atoms with Crippen LogP contribution in [0.1, 0.15) is 19.4 Å². The van der Waals surface area contributed by atoms with E-state index in [4.69, 9.17) is 10.5 Å². The summed E-state index contributed by atoms with van der Waals surface area (Å²) in [6.45, 7) is 3.42. The summed E-state index contributed by atoms with van der Waals surface area (Å²) in [4.78, 5) is 0. The number of ether oxygens (including phenoxy) is 1. The van der Waals surface area contributed by atoms with Crippen LogP contribution in [-0.2, 0) is 16.6 Å². The fourth-order valence-corrected chi connectivity index (χ4v) is 1.97. The Bertz CT molecular complexity index is 483. The summed E-state index contributed by atoms with van der Waals surface area (Å²) in [5.74, 6) is 0.616. The number of nitrogens with two attached hydrogens (primary N) is 1. The van der Waals surface area contributed by atoms with Crippen LogP contribution in [-0.4, -0.2) is 20.8 Å². The molecule has 17 heavy (non-hydrogen) atoms. The quantitative estimate of drug-likeness (QED) is 0.775. The third-order valence-corrected chi connectivity index (χ3v) is 4.18. The molecule has 0 bridgehead atoms. The molecule has 5 nitrogen and oxygen atoms in total. The van der Waals surface area contributed by atoms with Gasteiger partial charge in [-0.1, -0.05) is 0 Å². The Morgan fingerprint density at radius 3 is 2.59 bits per heavy atom. The first-order valence-corrected chi connectivity index (χ1v) is 6.82. The standard InChI is InChI=1S/C11H18N2O3S/c1-8(2)17(14,15)13-7-9-6-10(12)4-5-11(9)16-3/h4-6,8,13H,7,12H2,1-3H3. The molecule has 1 rings (SSSR count).